The van der Waals surface area contributed by atoms with Crippen LogP contribution in [0.1, 0.15) is 37.6 Å². The van der Waals surface area contributed by atoms with Crippen LogP contribution in [0.2, 0.25) is 0 Å². The van der Waals surface area contributed by atoms with Gasteiger partial charge >= 0.3 is 5.63 Å². The van der Waals surface area contributed by atoms with Crippen molar-refractivity contribution in [2.75, 3.05) is 13.8 Å². The molecule has 0 saturated heterocycles. The Morgan fingerprint density at radius 3 is 2.43 bits per heavy atom. The van der Waals surface area contributed by atoms with Gasteiger partial charge in [0.05, 0.1) is 13.2 Å². The normalized spacial score (nSPS) is 13.0. The minimum atomic E-state index is -1.19. The van der Waals surface area contributed by atoms with Gasteiger partial charge in [-0.3, -0.25) is 14.4 Å². The maximum atomic E-state index is 12.7. The second-order valence-electron chi connectivity index (χ2n) is 7.12. The number of hydrogen-bond acceptors (Lipinski definition) is 6. The summed E-state index contributed by atoms with van der Waals surface area (Å²) in [5.41, 5.74) is -0.877. The molecule has 30 heavy (non-hydrogen) atoms. The molecule has 0 bridgehead atoms. The van der Waals surface area contributed by atoms with E-state index in [1.54, 1.807) is 32.9 Å². The molecule has 2 N–H and O–H groups in total. The van der Waals surface area contributed by atoms with Gasteiger partial charge in [0.25, 0.3) is 5.91 Å². The number of methoxy groups -OCH3 is 1. The van der Waals surface area contributed by atoms with Crippen LogP contribution in [0.3, 0.4) is 0 Å². The van der Waals surface area contributed by atoms with Crippen LogP contribution >= 0.6 is 0 Å². The molecule has 1 aromatic carbocycles. The molecule has 0 fully saturated rings. The van der Waals surface area contributed by atoms with Crippen LogP contribution in [0.25, 0.3) is 11.0 Å². The van der Waals surface area contributed by atoms with Crippen molar-refractivity contribution in [2.45, 2.75) is 39.3 Å². The van der Waals surface area contributed by atoms with Crippen molar-refractivity contribution in [2.24, 2.45) is 5.92 Å². The molecule has 2 amide bonds. The van der Waals surface area contributed by atoms with Crippen molar-refractivity contribution in [1.29, 1.82) is 0 Å². The number of amides is 2. The third kappa shape index (κ3) is 5.22. The Hall–Kier alpha value is -3.23. The Bertz CT molecular complexity index is 1000. The van der Waals surface area contributed by atoms with Crippen molar-refractivity contribution in [3.8, 4) is 5.75 Å². The molecule has 0 aliphatic carbocycles. The van der Waals surface area contributed by atoms with Gasteiger partial charge in [0, 0.05) is 11.5 Å². The van der Waals surface area contributed by atoms with Gasteiger partial charge in [0.15, 0.2) is 5.78 Å². The lowest BCUT2D eigenvalue weighted by Gasteiger charge is -2.24. The Morgan fingerprint density at radius 2 is 1.87 bits per heavy atom. The molecule has 1 heterocycles. The van der Waals surface area contributed by atoms with Gasteiger partial charge in [-0.05, 0) is 30.5 Å². The van der Waals surface area contributed by atoms with Crippen molar-refractivity contribution in [1.82, 2.24) is 10.6 Å². The van der Waals surface area contributed by atoms with E-state index in [1.165, 1.54) is 19.2 Å². The maximum Gasteiger partial charge on any atom is 0.349 e. The van der Waals surface area contributed by atoms with Gasteiger partial charge < -0.3 is 19.8 Å². The first-order chi connectivity index (χ1) is 14.2. The number of fused-ring (bicyclic) bond motifs is 1. The molecule has 2 atom stereocenters. The number of ketones is 1. The highest BCUT2D eigenvalue weighted by atomic mass is 19.1. The number of nitrogens with one attached hydrogen (secondary N) is 2. The molecular weight excluding hydrogens is 395 g/mol. The quantitative estimate of drug-likeness (QED) is 0.600. The lowest BCUT2D eigenvalue weighted by Crippen LogP contribution is -2.54. The minimum Gasteiger partial charge on any atom is -0.497 e. The SMILES string of the molecule is CCC(NC(=O)C(NC(=O)c1cc2ccc(OC)cc2oc1=O)C(C)C)C(=O)CF. The van der Waals surface area contributed by atoms with E-state index in [4.69, 9.17) is 9.15 Å². The van der Waals surface area contributed by atoms with Gasteiger partial charge in [-0.1, -0.05) is 20.8 Å². The predicted molar refractivity (Wildman–Crippen MR) is 108 cm³/mol. The number of alkyl halides is 1. The van der Waals surface area contributed by atoms with Crippen LogP contribution in [-0.2, 0) is 9.59 Å². The largest absolute Gasteiger partial charge is 0.497 e. The topological polar surface area (TPSA) is 115 Å². The lowest BCUT2D eigenvalue weighted by atomic mass is 10.0. The van der Waals surface area contributed by atoms with E-state index in [0.717, 1.165) is 0 Å². The molecule has 0 radical (unpaired) electrons. The first kappa shape index (κ1) is 23.1. The van der Waals surface area contributed by atoms with E-state index in [9.17, 15) is 23.6 Å². The van der Waals surface area contributed by atoms with Crippen LogP contribution in [0.4, 0.5) is 4.39 Å². The van der Waals surface area contributed by atoms with Gasteiger partial charge in [-0.15, -0.1) is 0 Å². The molecule has 2 aromatic rings. The summed E-state index contributed by atoms with van der Waals surface area (Å²) >= 11 is 0. The summed E-state index contributed by atoms with van der Waals surface area (Å²) in [5, 5.41) is 5.47. The first-order valence-electron chi connectivity index (χ1n) is 9.53. The summed E-state index contributed by atoms with van der Waals surface area (Å²) in [4.78, 5) is 49.2. The van der Waals surface area contributed by atoms with E-state index in [2.05, 4.69) is 10.6 Å². The fourth-order valence-corrected chi connectivity index (χ4v) is 2.90. The number of rotatable bonds is 9. The van der Waals surface area contributed by atoms with Crippen molar-refractivity contribution < 1.29 is 27.9 Å². The summed E-state index contributed by atoms with van der Waals surface area (Å²) in [6, 6.07) is 4.16. The van der Waals surface area contributed by atoms with Crippen LogP contribution in [0.15, 0.2) is 33.5 Å². The zero-order valence-electron chi connectivity index (χ0n) is 17.3. The molecule has 162 valence electrons. The molecule has 1 aromatic heterocycles. The third-order valence-electron chi connectivity index (χ3n) is 4.67. The van der Waals surface area contributed by atoms with Crippen LogP contribution in [0, 0.1) is 5.92 Å². The van der Waals surface area contributed by atoms with Crippen molar-refractivity contribution in [3.05, 3.63) is 40.2 Å². The number of carbonyl (C=O) groups excluding carboxylic acids is 3. The van der Waals surface area contributed by atoms with Crippen LogP contribution < -0.4 is 21.0 Å². The predicted octanol–water partition coefficient (Wildman–Crippen LogP) is 1.99. The average molecular weight is 420 g/mol. The van der Waals surface area contributed by atoms with Crippen LogP contribution in [0.5, 0.6) is 5.75 Å². The van der Waals surface area contributed by atoms with E-state index in [0.29, 0.717) is 11.1 Å². The molecule has 0 aliphatic rings. The van der Waals surface area contributed by atoms with Crippen molar-refractivity contribution >= 4 is 28.6 Å². The van der Waals surface area contributed by atoms with Crippen LogP contribution in [-0.4, -0.2) is 43.5 Å². The number of Topliss-reactive ketones (excluding diaryl/α,β-unsaturated/α-hetero) is 1. The Kier molecular flexibility index (Phi) is 7.68. The highest BCUT2D eigenvalue weighted by Gasteiger charge is 2.29. The van der Waals surface area contributed by atoms with E-state index in [1.807, 2.05) is 0 Å². The van der Waals surface area contributed by atoms with E-state index >= 15 is 0 Å². The van der Waals surface area contributed by atoms with Gasteiger partial charge in [0.2, 0.25) is 5.91 Å². The summed E-state index contributed by atoms with van der Waals surface area (Å²) in [6.07, 6.45) is 0.213. The molecule has 8 nitrogen and oxygen atoms in total. The molecule has 2 rings (SSSR count). The third-order valence-corrected chi connectivity index (χ3v) is 4.67. The highest BCUT2D eigenvalue weighted by molar-refractivity contribution is 6.00. The summed E-state index contributed by atoms with van der Waals surface area (Å²) in [5.74, 6) is -2.04. The monoisotopic (exact) mass is 420 g/mol. The van der Waals surface area contributed by atoms with E-state index in [-0.39, 0.29) is 23.5 Å². The smallest absolute Gasteiger partial charge is 0.349 e. The fraction of sp³-hybridized carbons (Fsp3) is 0.429. The van der Waals surface area contributed by atoms with E-state index < -0.39 is 42.0 Å². The number of hydrogen-bond donors (Lipinski definition) is 2. The number of halogens is 1. The summed E-state index contributed by atoms with van der Waals surface area (Å²) < 4.78 is 22.9. The molecule has 2 unspecified atom stereocenters. The Morgan fingerprint density at radius 1 is 1.17 bits per heavy atom. The lowest BCUT2D eigenvalue weighted by molar-refractivity contribution is -0.129. The maximum absolute atomic E-state index is 12.7. The molecule has 0 aliphatic heterocycles. The average Bonchev–Trinajstić information content (AvgIpc) is 2.73. The minimum absolute atomic E-state index is 0.213. The molecular formula is C21H25FN2O6. The number of benzene rings is 1. The first-order valence-corrected chi connectivity index (χ1v) is 9.53. The molecule has 0 spiro atoms. The summed E-state index contributed by atoms with van der Waals surface area (Å²) in [7, 11) is 1.47. The number of ether oxygens (including phenoxy) is 1. The summed E-state index contributed by atoms with van der Waals surface area (Å²) in [6.45, 7) is 3.83. The zero-order chi connectivity index (χ0) is 22.4. The second kappa shape index (κ2) is 10.00. The van der Waals surface area contributed by atoms with Gasteiger partial charge in [-0.2, -0.15) is 0 Å². The fourth-order valence-electron chi connectivity index (χ4n) is 2.90. The Labute approximate surface area is 172 Å². The zero-order valence-corrected chi connectivity index (χ0v) is 17.3. The van der Waals surface area contributed by atoms with Gasteiger partial charge in [-0.25, -0.2) is 9.18 Å². The highest BCUT2D eigenvalue weighted by Crippen LogP contribution is 2.20. The van der Waals surface area contributed by atoms with Crippen molar-refractivity contribution in [3.63, 3.8) is 0 Å². The standard InChI is InChI=1S/C21H25FN2O6/c1-5-15(16(25)10-22)23-20(27)18(11(2)3)24-19(26)14-8-12-6-7-13(29-4)9-17(12)30-21(14)28/h6-9,11,15,18H,5,10H2,1-4H3,(H,23,27)(H,24,26). The molecule has 0 saturated carbocycles. The molecule has 9 heteroatoms. The van der Waals surface area contributed by atoms with Gasteiger partial charge in [0.1, 0.15) is 29.6 Å². The second-order valence-corrected chi connectivity index (χ2v) is 7.12. The Balaban J connectivity index is 2.26. The number of carbonyl (C=O) groups is 3.